The molecule has 1 fully saturated rings. The SMILES string of the molecule is CC(CN)N1C(=O)CCCCC1=O. The van der Waals surface area contributed by atoms with Crippen molar-refractivity contribution in [1.82, 2.24) is 4.90 Å². The molecule has 2 N–H and O–H groups in total. The van der Waals surface area contributed by atoms with Gasteiger partial charge in [-0.05, 0) is 19.8 Å². The number of hydrogen-bond donors (Lipinski definition) is 1. The largest absolute Gasteiger partial charge is 0.328 e. The molecule has 0 aromatic rings. The zero-order chi connectivity index (χ0) is 9.84. The monoisotopic (exact) mass is 184 g/mol. The smallest absolute Gasteiger partial charge is 0.229 e. The van der Waals surface area contributed by atoms with E-state index in [1.165, 1.54) is 4.90 Å². The van der Waals surface area contributed by atoms with Crippen molar-refractivity contribution >= 4 is 11.8 Å². The lowest BCUT2D eigenvalue weighted by Crippen LogP contribution is -2.45. The lowest BCUT2D eigenvalue weighted by molar-refractivity contribution is -0.145. The molecule has 1 heterocycles. The van der Waals surface area contributed by atoms with Gasteiger partial charge < -0.3 is 5.73 Å². The Bertz CT molecular complexity index is 198. The molecule has 74 valence electrons. The fourth-order valence-electron chi connectivity index (χ4n) is 1.53. The van der Waals surface area contributed by atoms with Crippen molar-refractivity contribution in [2.24, 2.45) is 5.73 Å². The molecule has 13 heavy (non-hydrogen) atoms. The minimum atomic E-state index is -0.155. The highest BCUT2D eigenvalue weighted by Crippen LogP contribution is 2.14. The minimum absolute atomic E-state index is 0.0690. The average Bonchev–Trinajstić information content (AvgIpc) is 2.27. The van der Waals surface area contributed by atoms with Crippen molar-refractivity contribution in [3.63, 3.8) is 0 Å². The maximum atomic E-state index is 11.5. The summed E-state index contributed by atoms with van der Waals surface area (Å²) in [6.45, 7) is 2.15. The fraction of sp³-hybridized carbons (Fsp3) is 0.778. The second kappa shape index (κ2) is 4.37. The molecule has 0 bridgehead atoms. The summed E-state index contributed by atoms with van der Waals surface area (Å²) in [5.74, 6) is -0.138. The van der Waals surface area contributed by atoms with Gasteiger partial charge in [-0.1, -0.05) is 0 Å². The van der Waals surface area contributed by atoms with Crippen molar-refractivity contribution < 1.29 is 9.59 Å². The number of amides is 2. The molecule has 4 heteroatoms. The Morgan fingerprint density at radius 1 is 1.31 bits per heavy atom. The molecule has 4 nitrogen and oxygen atoms in total. The highest BCUT2D eigenvalue weighted by Gasteiger charge is 2.27. The van der Waals surface area contributed by atoms with E-state index in [0.29, 0.717) is 19.4 Å². The number of imide groups is 1. The van der Waals surface area contributed by atoms with Gasteiger partial charge in [0.15, 0.2) is 0 Å². The molecule has 1 atom stereocenters. The first-order chi connectivity index (χ1) is 6.16. The second-order valence-corrected chi connectivity index (χ2v) is 3.45. The van der Waals surface area contributed by atoms with E-state index in [1.54, 1.807) is 6.92 Å². The van der Waals surface area contributed by atoms with E-state index in [0.717, 1.165) is 12.8 Å². The van der Waals surface area contributed by atoms with Crippen LogP contribution in [-0.2, 0) is 9.59 Å². The molecule has 1 unspecified atom stereocenters. The number of likely N-dealkylation sites (tertiary alicyclic amines) is 1. The van der Waals surface area contributed by atoms with E-state index in [-0.39, 0.29) is 17.9 Å². The standard InChI is InChI=1S/C9H16N2O2/c1-7(6-10)11-8(12)4-2-3-5-9(11)13/h7H,2-6,10H2,1H3. The summed E-state index contributed by atoms with van der Waals surface area (Å²) in [4.78, 5) is 24.3. The first-order valence-corrected chi connectivity index (χ1v) is 4.71. The number of rotatable bonds is 2. The quantitative estimate of drug-likeness (QED) is 0.626. The molecule has 0 saturated carbocycles. The lowest BCUT2D eigenvalue weighted by Gasteiger charge is -2.24. The number of carbonyl (C=O) groups excluding carboxylic acids is 2. The van der Waals surface area contributed by atoms with Crippen LogP contribution in [0, 0.1) is 0 Å². The topological polar surface area (TPSA) is 63.4 Å². The van der Waals surface area contributed by atoms with E-state index >= 15 is 0 Å². The molecule has 0 spiro atoms. The van der Waals surface area contributed by atoms with Crippen LogP contribution < -0.4 is 5.73 Å². The van der Waals surface area contributed by atoms with E-state index in [1.807, 2.05) is 0 Å². The number of nitrogens with zero attached hydrogens (tertiary/aromatic N) is 1. The average molecular weight is 184 g/mol. The Morgan fingerprint density at radius 2 is 1.77 bits per heavy atom. The van der Waals surface area contributed by atoms with Gasteiger partial charge >= 0.3 is 0 Å². The predicted molar refractivity (Wildman–Crippen MR) is 48.8 cm³/mol. The van der Waals surface area contributed by atoms with Crippen molar-refractivity contribution in [2.45, 2.75) is 38.6 Å². The van der Waals surface area contributed by atoms with Crippen LogP contribution in [0.4, 0.5) is 0 Å². The Labute approximate surface area is 78.1 Å². The van der Waals surface area contributed by atoms with Gasteiger partial charge in [0.25, 0.3) is 0 Å². The third-order valence-corrected chi connectivity index (χ3v) is 2.35. The van der Waals surface area contributed by atoms with Gasteiger partial charge in [0, 0.05) is 25.4 Å². The van der Waals surface area contributed by atoms with Crippen molar-refractivity contribution in [2.75, 3.05) is 6.54 Å². The maximum absolute atomic E-state index is 11.5. The van der Waals surface area contributed by atoms with Crippen LogP contribution >= 0.6 is 0 Å². The van der Waals surface area contributed by atoms with Gasteiger partial charge in [0.2, 0.25) is 11.8 Å². The molecule has 1 aliphatic rings. The molecule has 1 saturated heterocycles. The van der Waals surface area contributed by atoms with Crippen LogP contribution in [0.25, 0.3) is 0 Å². The van der Waals surface area contributed by atoms with Gasteiger partial charge in [0.1, 0.15) is 0 Å². The molecule has 2 amide bonds. The summed E-state index contributed by atoms with van der Waals surface area (Å²) in [7, 11) is 0. The molecule has 0 radical (unpaired) electrons. The first-order valence-electron chi connectivity index (χ1n) is 4.71. The van der Waals surface area contributed by atoms with E-state index in [2.05, 4.69) is 0 Å². The van der Waals surface area contributed by atoms with Gasteiger partial charge in [-0.25, -0.2) is 0 Å². The van der Waals surface area contributed by atoms with Crippen molar-refractivity contribution in [3.05, 3.63) is 0 Å². The van der Waals surface area contributed by atoms with Crippen LogP contribution in [0.2, 0.25) is 0 Å². The Hall–Kier alpha value is -0.900. The molecule has 1 rings (SSSR count). The number of nitrogens with two attached hydrogens (primary N) is 1. The van der Waals surface area contributed by atoms with Crippen LogP contribution in [0.5, 0.6) is 0 Å². The fourth-order valence-corrected chi connectivity index (χ4v) is 1.53. The summed E-state index contributed by atoms with van der Waals surface area (Å²) in [5.41, 5.74) is 5.43. The Kier molecular flexibility index (Phi) is 3.42. The summed E-state index contributed by atoms with van der Waals surface area (Å²) in [6, 6.07) is -0.155. The lowest BCUT2D eigenvalue weighted by atomic mass is 10.2. The van der Waals surface area contributed by atoms with Crippen LogP contribution in [0.1, 0.15) is 32.6 Å². The van der Waals surface area contributed by atoms with Gasteiger partial charge in [-0.3, -0.25) is 14.5 Å². The second-order valence-electron chi connectivity index (χ2n) is 3.45. The van der Waals surface area contributed by atoms with E-state index in [9.17, 15) is 9.59 Å². The summed E-state index contributed by atoms with van der Waals surface area (Å²) < 4.78 is 0. The Morgan fingerprint density at radius 3 is 2.15 bits per heavy atom. The molecule has 0 aromatic heterocycles. The summed E-state index contributed by atoms with van der Waals surface area (Å²) >= 11 is 0. The highest BCUT2D eigenvalue weighted by molar-refractivity contribution is 5.96. The molecular weight excluding hydrogens is 168 g/mol. The Balaban J connectivity index is 2.74. The predicted octanol–water partition coefficient (Wildman–Crippen LogP) is 0.263. The van der Waals surface area contributed by atoms with Crippen molar-refractivity contribution in [1.29, 1.82) is 0 Å². The van der Waals surface area contributed by atoms with E-state index in [4.69, 9.17) is 5.73 Å². The third kappa shape index (κ3) is 2.28. The molecule has 0 aromatic carbocycles. The highest BCUT2D eigenvalue weighted by atomic mass is 16.2. The van der Waals surface area contributed by atoms with Gasteiger partial charge in [-0.15, -0.1) is 0 Å². The normalized spacial score (nSPS) is 21.5. The minimum Gasteiger partial charge on any atom is -0.328 e. The molecular formula is C9H16N2O2. The van der Waals surface area contributed by atoms with Gasteiger partial charge in [-0.2, -0.15) is 0 Å². The summed E-state index contributed by atoms with van der Waals surface area (Å²) in [5, 5.41) is 0. The van der Waals surface area contributed by atoms with Crippen LogP contribution in [0.3, 0.4) is 0 Å². The first kappa shape index (κ1) is 10.2. The molecule has 1 aliphatic heterocycles. The van der Waals surface area contributed by atoms with Crippen LogP contribution in [-0.4, -0.2) is 29.3 Å². The maximum Gasteiger partial charge on any atom is 0.229 e. The van der Waals surface area contributed by atoms with Crippen molar-refractivity contribution in [3.8, 4) is 0 Å². The molecule has 0 aliphatic carbocycles. The zero-order valence-corrected chi connectivity index (χ0v) is 7.95. The van der Waals surface area contributed by atoms with Gasteiger partial charge in [0.05, 0.1) is 0 Å². The van der Waals surface area contributed by atoms with Crippen LogP contribution in [0.15, 0.2) is 0 Å². The van der Waals surface area contributed by atoms with E-state index < -0.39 is 0 Å². The summed E-state index contributed by atoms with van der Waals surface area (Å²) in [6.07, 6.45) is 2.60. The third-order valence-electron chi connectivity index (χ3n) is 2.35. The zero-order valence-electron chi connectivity index (χ0n) is 7.95. The number of hydrogen-bond acceptors (Lipinski definition) is 3. The number of carbonyl (C=O) groups is 2.